The molecule has 156 valence electrons. The zero-order valence-corrected chi connectivity index (χ0v) is 17.7. The number of likely N-dealkylation sites (tertiary alicyclic amines) is 1. The Labute approximate surface area is 164 Å². The molecule has 0 aromatic carbocycles. The van der Waals surface area contributed by atoms with Gasteiger partial charge in [-0.3, -0.25) is 14.7 Å². The van der Waals surface area contributed by atoms with Crippen molar-refractivity contribution in [2.24, 2.45) is 10.9 Å². The highest BCUT2D eigenvalue weighted by Gasteiger charge is 2.28. The zero-order chi connectivity index (χ0) is 19.6. The van der Waals surface area contributed by atoms with Crippen molar-refractivity contribution >= 4 is 11.9 Å². The summed E-state index contributed by atoms with van der Waals surface area (Å²) in [5.74, 6) is 1.75. The number of hydrogen-bond acceptors (Lipinski definition) is 4. The molecule has 0 aromatic heterocycles. The summed E-state index contributed by atoms with van der Waals surface area (Å²) >= 11 is 0. The normalized spacial score (nSPS) is 22.9. The van der Waals surface area contributed by atoms with E-state index in [2.05, 4.69) is 34.4 Å². The minimum Gasteiger partial charge on any atom is -0.379 e. The number of ether oxygens (including phenoxy) is 1. The maximum Gasteiger partial charge on any atom is 0.222 e. The summed E-state index contributed by atoms with van der Waals surface area (Å²) in [4.78, 5) is 20.8. The van der Waals surface area contributed by atoms with Crippen LogP contribution in [0.5, 0.6) is 0 Å². The Hall–Kier alpha value is -1.34. The predicted octanol–water partition coefficient (Wildman–Crippen LogP) is 1.30. The third kappa shape index (κ3) is 6.35. The van der Waals surface area contributed by atoms with E-state index in [1.807, 2.05) is 18.9 Å². The number of carbonyl (C=O) groups excluding carboxylic acids is 1. The highest BCUT2D eigenvalue weighted by Crippen LogP contribution is 2.19. The first-order chi connectivity index (χ1) is 13.1. The molecule has 2 saturated heterocycles. The number of morpholine rings is 1. The molecule has 0 radical (unpaired) electrons. The summed E-state index contributed by atoms with van der Waals surface area (Å²) < 4.78 is 5.54. The van der Waals surface area contributed by atoms with Gasteiger partial charge in [-0.15, -0.1) is 0 Å². The highest BCUT2D eigenvalue weighted by atomic mass is 16.5. The quantitative estimate of drug-likeness (QED) is 0.490. The molecule has 0 aromatic rings. The molecule has 0 aliphatic carbocycles. The van der Waals surface area contributed by atoms with Gasteiger partial charge in [-0.25, -0.2) is 0 Å². The van der Waals surface area contributed by atoms with E-state index in [9.17, 15) is 4.79 Å². The molecule has 2 aliphatic heterocycles. The standard InChI is InChI=1S/C20H39N5O2/c1-5-16(6-2)18(24-10-12-27-13-11-24)14-22-20(21-4)23-17-8-9-25(15-17)19(26)7-3/h16-18H,5-15H2,1-4H3,(H2,21,22,23). The third-order valence-corrected chi connectivity index (χ3v) is 5.99. The number of guanidine groups is 1. The van der Waals surface area contributed by atoms with Gasteiger partial charge in [0.1, 0.15) is 0 Å². The lowest BCUT2D eigenvalue weighted by Gasteiger charge is -2.39. The number of rotatable bonds is 8. The number of carbonyl (C=O) groups is 1. The van der Waals surface area contributed by atoms with Crippen LogP contribution in [0.1, 0.15) is 46.5 Å². The minimum atomic E-state index is 0.239. The minimum absolute atomic E-state index is 0.239. The van der Waals surface area contributed by atoms with Gasteiger partial charge < -0.3 is 20.3 Å². The molecule has 7 nitrogen and oxygen atoms in total. The molecule has 1 amide bonds. The van der Waals surface area contributed by atoms with Crippen LogP contribution in [-0.4, -0.2) is 86.7 Å². The van der Waals surface area contributed by atoms with Crippen molar-refractivity contribution < 1.29 is 9.53 Å². The van der Waals surface area contributed by atoms with Gasteiger partial charge in [-0.2, -0.15) is 0 Å². The largest absolute Gasteiger partial charge is 0.379 e. The summed E-state index contributed by atoms with van der Waals surface area (Å²) in [6.07, 6.45) is 3.92. The van der Waals surface area contributed by atoms with Crippen molar-refractivity contribution in [1.29, 1.82) is 0 Å². The van der Waals surface area contributed by atoms with Gasteiger partial charge in [0.25, 0.3) is 0 Å². The highest BCUT2D eigenvalue weighted by molar-refractivity contribution is 5.80. The average Bonchev–Trinajstić information content (AvgIpc) is 3.18. The Balaban J connectivity index is 1.88. The van der Waals surface area contributed by atoms with Crippen LogP contribution in [0.4, 0.5) is 0 Å². The van der Waals surface area contributed by atoms with Crippen molar-refractivity contribution in [1.82, 2.24) is 20.4 Å². The lowest BCUT2D eigenvalue weighted by atomic mass is 9.92. The molecule has 0 bridgehead atoms. The van der Waals surface area contributed by atoms with Crippen molar-refractivity contribution in [2.75, 3.05) is 53.0 Å². The van der Waals surface area contributed by atoms with E-state index >= 15 is 0 Å². The molecule has 7 heteroatoms. The number of hydrogen-bond donors (Lipinski definition) is 2. The summed E-state index contributed by atoms with van der Waals surface area (Å²) in [6, 6.07) is 0.769. The van der Waals surface area contributed by atoms with E-state index < -0.39 is 0 Å². The Kier molecular flexibility index (Phi) is 9.34. The van der Waals surface area contributed by atoms with Gasteiger partial charge in [0.2, 0.25) is 5.91 Å². The number of aliphatic imine (C=N–C) groups is 1. The molecule has 2 atom stereocenters. The summed E-state index contributed by atoms with van der Waals surface area (Å²) in [6.45, 7) is 12.7. The van der Waals surface area contributed by atoms with Gasteiger partial charge in [-0.05, 0) is 12.3 Å². The fourth-order valence-corrected chi connectivity index (χ4v) is 4.25. The molecule has 2 aliphatic rings. The van der Waals surface area contributed by atoms with Crippen LogP contribution < -0.4 is 10.6 Å². The molecular weight excluding hydrogens is 342 g/mol. The SMILES string of the molecule is CCC(=O)N1CCC(NC(=NC)NCC(C(CC)CC)N2CCOCC2)C1. The molecule has 0 saturated carbocycles. The fourth-order valence-electron chi connectivity index (χ4n) is 4.25. The summed E-state index contributed by atoms with van der Waals surface area (Å²) in [7, 11) is 1.82. The molecule has 0 spiro atoms. The van der Waals surface area contributed by atoms with Gasteiger partial charge in [-0.1, -0.05) is 33.6 Å². The van der Waals surface area contributed by atoms with Crippen LogP contribution in [-0.2, 0) is 9.53 Å². The van der Waals surface area contributed by atoms with Crippen LogP contribution in [0.2, 0.25) is 0 Å². The molecule has 2 fully saturated rings. The van der Waals surface area contributed by atoms with Gasteiger partial charge in [0, 0.05) is 58.3 Å². The van der Waals surface area contributed by atoms with Gasteiger partial charge >= 0.3 is 0 Å². The molecule has 27 heavy (non-hydrogen) atoms. The number of amides is 1. The lowest BCUT2D eigenvalue weighted by Crippen LogP contribution is -2.54. The molecule has 2 heterocycles. The van der Waals surface area contributed by atoms with E-state index in [1.165, 1.54) is 12.8 Å². The molecular formula is C20H39N5O2. The Bertz CT molecular complexity index is 475. The first-order valence-corrected chi connectivity index (χ1v) is 10.7. The fraction of sp³-hybridized carbons (Fsp3) is 0.900. The third-order valence-electron chi connectivity index (χ3n) is 5.99. The first kappa shape index (κ1) is 22.0. The Morgan fingerprint density at radius 1 is 1.19 bits per heavy atom. The second-order valence-electron chi connectivity index (χ2n) is 7.57. The molecule has 2 N–H and O–H groups in total. The topological polar surface area (TPSA) is 69.2 Å². The summed E-state index contributed by atoms with van der Waals surface area (Å²) in [5.41, 5.74) is 0. The van der Waals surface area contributed by atoms with Crippen LogP contribution in [0.3, 0.4) is 0 Å². The van der Waals surface area contributed by atoms with Crippen LogP contribution in [0.25, 0.3) is 0 Å². The summed E-state index contributed by atoms with van der Waals surface area (Å²) in [5, 5.41) is 7.06. The Morgan fingerprint density at radius 3 is 2.48 bits per heavy atom. The van der Waals surface area contributed by atoms with Crippen LogP contribution in [0.15, 0.2) is 4.99 Å². The number of nitrogens with one attached hydrogen (secondary N) is 2. The van der Waals surface area contributed by atoms with Gasteiger partial charge in [0.15, 0.2) is 5.96 Å². The monoisotopic (exact) mass is 381 g/mol. The van der Waals surface area contributed by atoms with Crippen molar-refractivity contribution in [3.63, 3.8) is 0 Å². The Morgan fingerprint density at radius 2 is 1.89 bits per heavy atom. The number of nitrogens with zero attached hydrogens (tertiary/aromatic N) is 3. The second kappa shape index (κ2) is 11.5. The zero-order valence-electron chi connectivity index (χ0n) is 17.7. The van der Waals surface area contributed by atoms with E-state index in [0.29, 0.717) is 18.4 Å². The lowest BCUT2D eigenvalue weighted by molar-refractivity contribution is -0.129. The van der Waals surface area contributed by atoms with Crippen LogP contribution >= 0.6 is 0 Å². The second-order valence-corrected chi connectivity index (χ2v) is 7.57. The van der Waals surface area contributed by atoms with Crippen molar-refractivity contribution in [3.8, 4) is 0 Å². The van der Waals surface area contributed by atoms with E-state index in [4.69, 9.17) is 4.74 Å². The predicted molar refractivity (Wildman–Crippen MR) is 110 cm³/mol. The van der Waals surface area contributed by atoms with E-state index in [-0.39, 0.29) is 11.9 Å². The van der Waals surface area contributed by atoms with E-state index in [0.717, 1.165) is 58.3 Å². The maximum absolute atomic E-state index is 11.9. The smallest absolute Gasteiger partial charge is 0.222 e. The molecule has 2 unspecified atom stereocenters. The maximum atomic E-state index is 11.9. The van der Waals surface area contributed by atoms with Gasteiger partial charge in [0.05, 0.1) is 13.2 Å². The molecule has 2 rings (SSSR count). The van der Waals surface area contributed by atoms with E-state index in [1.54, 1.807) is 0 Å². The first-order valence-electron chi connectivity index (χ1n) is 10.7. The van der Waals surface area contributed by atoms with Crippen LogP contribution in [0, 0.1) is 5.92 Å². The van der Waals surface area contributed by atoms with Crippen molar-refractivity contribution in [2.45, 2.75) is 58.5 Å². The average molecular weight is 382 g/mol. The van der Waals surface area contributed by atoms with Crippen molar-refractivity contribution in [3.05, 3.63) is 0 Å².